The standard InChI is InChI=1S/C23H24Cl2N2O5/c1-12(2)20-19(22(28)31-4)21(27-23(29)26-20)13-6-8-17(18(9-13)30-3)32-11-14-5-7-15(24)10-16(14)25/h5-10,12,21H,11H2,1-4H3,(H2,26,27,29). The summed E-state index contributed by atoms with van der Waals surface area (Å²) in [4.78, 5) is 24.8. The molecular weight excluding hydrogens is 455 g/mol. The van der Waals surface area contributed by atoms with E-state index in [2.05, 4.69) is 10.6 Å². The normalized spacial score (nSPS) is 15.8. The van der Waals surface area contributed by atoms with E-state index in [4.69, 9.17) is 37.4 Å². The molecule has 2 aromatic rings. The average Bonchev–Trinajstić information content (AvgIpc) is 2.77. The van der Waals surface area contributed by atoms with E-state index >= 15 is 0 Å². The number of allylic oxidation sites excluding steroid dienone is 1. The summed E-state index contributed by atoms with van der Waals surface area (Å²) in [6.07, 6.45) is 0. The number of carbonyl (C=O) groups is 2. The molecule has 7 nitrogen and oxygen atoms in total. The molecule has 0 fully saturated rings. The predicted octanol–water partition coefficient (Wildman–Crippen LogP) is 5.02. The largest absolute Gasteiger partial charge is 0.493 e. The van der Waals surface area contributed by atoms with Gasteiger partial charge in [-0.1, -0.05) is 49.2 Å². The molecule has 2 aromatic carbocycles. The second kappa shape index (κ2) is 10.1. The highest BCUT2D eigenvalue weighted by atomic mass is 35.5. The van der Waals surface area contributed by atoms with Crippen LogP contribution < -0.4 is 20.1 Å². The van der Waals surface area contributed by atoms with E-state index in [-0.39, 0.29) is 12.5 Å². The second-order valence-electron chi connectivity index (χ2n) is 7.44. The van der Waals surface area contributed by atoms with Crippen LogP contribution in [-0.2, 0) is 16.1 Å². The lowest BCUT2D eigenvalue weighted by Crippen LogP contribution is -2.47. The SMILES string of the molecule is COC(=O)C1=C(C(C)C)NC(=O)NC1c1ccc(OCc2ccc(Cl)cc2Cl)c(OC)c1. The van der Waals surface area contributed by atoms with Crippen LogP contribution in [0.3, 0.4) is 0 Å². The first-order valence-corrected chi connectivity index (χ1v) is 10.6. The molecule has 0 spiro atoms. The topological polar surface area (TPSA) is 85.9 Å². The molecule has 32 heavy (non-hydrogen) atoms. The molecule has 0 saturated carbocycles. The molecule has 170 valence electrons. The number of nitrogens with one attached hydrogen (secondary N) is 2. The maximum absolute atomic E-state index is 12.6. The van der Waals surface area contributed by atoms with Crippen molar-refractivity contribution >= 4 is 35.2 Å². The molecule has 2 amide bonds. The van der Waals surface area contributed by atoms with Crippen LogP contribution in [0.1, 0.15) is 31.0 Å². The Hall–Kier alpha value is -2.90. The number of benzene rings is 2. The quantitative estimate of drug-likeness (QED) is 0.545. The highest BCUT2D eigenvalue weighted by Gasteiger charge is 2.34. The van der Waals surface area contributed by atoms with Gasteiger partial charge in [0.2, 0.25) is 0 Å². The number of ether oxygens (including phenoxy) is 3. The molecule has 1 aliphatic heterocycles. The van der Waals surface area contributed by atoms with E-state index in [0.717, 1.165) is 5.56 Å². The Morgan fingerprint density at radius 1 is 1.09 bits per heavy atom. The lowest BCUT2D eigenvalue weighted by atomic mass is 9.91. The van der Waals surface area contributed by atoms with Gasteiger partial charge in [0.15, 0.2) is 11.5 Å². The van der Waals surface area contributed by atoms with Crippen molar-refractivity contribution in [3.63, 3.8) is 0 Å². The molecule has 3 rings (SSSR count). The van der Waals surface area contributed by atoms with Crippen molar-refractivity contribution in [2.75, 3.05) is 14.2 Å². The number of amides is 2. The van der Waals surface area contributed by atoms with Gasteiger partial charge in [-0.3, -0.25) is 0 Å². The molecular formula is C23H24Cl2N2O5. The van der Waals surface area contributed by atoms with Crippen LogP contribution in [0.4, 0.5) is 4.79 Å². The van der Waals surface area contributed by atoms with Gasteiger partial charge in [-0.05, 0) is 35.7 Å². The summed E-state index contributed by atoms with van der Waals surface area (Å²) in [6, 6.07) is 9.26. The molecule has 0 aliphatic carbocycles. The van der Waals surface area contributed by atoms with Crippen LogP contribution in [-0.4, -0.2) is 26.2 Å². The minimum Gasteiger partial charge on any atom is -0.493 e. The first kappa shape index (κ1) is 23.8. The van der Waals surface area contributed by atoms with Gasteiger partial charge < -0.3 is 24.8 Å². The molecule has 0 saturated heterocycles. The zero-order valence-corrected chi connectivity index (χ0v) is 19.6. The van der Waals surface area contributed by atoms with Crippen LogP contribution in [0.15, 0.2) is 47.7 Å². The predicted molar refractivity (Wildman–Crippen MR) is 122 cm³/mol. The third-order valence-corrected chi connectivity index (χ3v) is 5.59. The van der Waals surface area contributed by atoms with Crippen LogP contribution in [0.25, 0.3) is 0 Å². The van der Waals surface area contributed by atoms with Crippen molar-refractivity contribution in [2.45, 2.75) is 26.5 Å². The van der Waals surface area contributed by atoms with Crippen LogP contribution >= 0.6 is 23.2 Å². The Bertz CT molecular complexity index is 1070. The summed E-state index contributed by atoms with van der Waals surface area (Å²) < 4.78 is 16.4. The van der Waals surface area contributed by atoms with Gasteiger partial charge in [-0.15, -0.1) is 0 Å². The van der Waals surface area contributed by atoms with Gasteiger partial charge in [0, 0.05) is 21.3 Å². The smallest absolute Gasteiger partial charge is 0.337 e. The van der Waals surface area contributed by atoms with Gasteiger partial charge in [-0.25, -0.2) is 9.59 Å². The van der Waals surface area contributed by atoms with Crippen molar-refractivity contribution < 1.29 is 23.8 Å². The molecule has 1 unspecified atom stereocenters. The van der Waals surface area contributed by atoms with E-state index < -0.39 is 18.0 Å². The van der Waals surface area contributed by atoms with Crippen LogP contribution in [0.5, 0.6) is 11.5 Å². The number of urea groups is 1. The van der Waals surface area contributed by atoms with E-state index in [1.165, 1.54) is 14.2 Å². The lowest BCUT2D eigenvalue weighted by molar-refractivity contribution is -0.136. The third-order valence-electron chi connectivity index (χ3n) is 5.00. The molecule has 0 aromatic heterocycles. The molecule has 9 heteroatoms. The number of halogens is 2. The number of rotatable bonds is 7. The summed E-state index contributed by atoms with van der Waals surface area (Å²) in [5.74, 6) is 0.306. The minimum atomic E-state index is -0.706. The van der Waals surface area contributed by atoms with Gasteiger partial charge in [0.1, 0.15) is 6.61 Å². The van der Waals surface area contributed by atoms with Crippen molar-refractivity contribution in [1.29, 1.82) is 0 Å². The monoisotopic (exact) mass is 478 g/mol. The van der Waals surface area contributed by atoms with Gasteiger partial charge in [-0.2, -0.15) is 0 Å². The zero-order valence-electron chi connectivity index (χ0n) is 18.1. The zero-order chi connectivity index (χ0) is 23.4. The Balaban J connectivity index is 1.93. The van der Waals surface area contributed by atoms with Gasteiger partial charge >= 0.3 is 12.0 Å². The van der Waals surface area contributed by atoms with E-state index in [0.29, 0.717) is 38.4 Å². The molecule has 2 N–H and O–H groups in total. The molecule has 0 radical (unpaired) electrons. The lowest BCUT2D eigenvalue weighted by Gasteiger charge is -2.31. The average molecular weight is 479 g/mol. The summed E-state index contributed by atoms with van der Waals surface area (Å²) in [7, 11) is 2.82. The van der Waals surface area contributed by atoms with Crippen molar-refractivity contribution in [3.05, 3.63) is 68.8 Å². The fourth-order valence-electron chi connectivity index (χ4n) is 3.40. The Morgan fingerprint density at radius 3 is 2.47 bits per heavy atom. The van der Waals surface area contributed by atoms with E-state index in [1.54, 1.807) is 36.4 Å². The van der Waals surface area contributed by atoms with Crippen molar-refractivity contribution in [3.8, 4) is 11.5 Å². The number of carbonyl (C=O) groups excluding carboxylic acids is 2. The van der Waals surface area contributed by atoms with Crippen molar-refractivity contribution in [2.24, 2.45) is 5.92 Å². The van der Waals surface area contributed by atoms with Crippen LogP contribution in [0, 0.1) is 5.92 Å². The number of methoxy groups -OCH3 is 2. The maximum atomic E-state index is 12.6. The Labute approximate surface area is 196 Å². The highest BCUT2D eigenvalue weighted by Crippen LogP contribution is 2.36. The number of hydrogen-bond acceptors (Lipinski definition) is 5. The highest BCUT2D eigenvalue weighted by molar-refractivity contribution is 6.35. The van der Waals surface area contributed by atoms with Crippen LogP contribution in [0.2, 0.25) is 10.0 Å². The maximum Gasteiger partial charge on any atom is 0.337 e. The fraction of sp³-hybridized carbons (Fsp3) is 0.304. The summed E-state index contributed by atoms with van der Waals surface area (Å²) >= 11 is 12.2. The number of hydrogen-bond donors (Lipinski definition) is 2. The molecule has 0 bridgehead atoms. The summed E-state index contributed by atoms with van der Waals surface area (Å²) in [5.41, 5.74) is 2.27. The van der Waals surface area contributed by atoms with Gasteiger partial charge in [0.25, 0.3) is 0 Å². The first-order chi connectivity index (χ1) is 15.2. The van der Waals surface area contributed by atoms with E-state index in [9.17, 15) is 9.59 Å². The third kappa shape index (κ3) is 5.11. The molecule has 1 aliphatic rings. The molecule has 1 heterocycles. The summed E-state index contributed by atoms with van der Waals surface area (Å²) in [6.45, 7) is 3.99. The summed E-state index contributed by atoms with van der Waals surface area (Å²) in [5, 5.41) is 6.55. The number of esters is 1. The minimum absolute atomic E-state index is 0.0914. The van der Waals surface area contributed by atoms with Gasteiger partial charge in [0.05, 0.1) is 25.8 Å². The fourth-order valence-corrected chi connectivity index (χ4v) is 3.87. The Kier molecular flexibility index (Phi) is 7.53. The second-order valence-corrected chi connectivity index (χ2v) is 8.28. The van der Waals surface area contributed by atoms with Crippen molar-refractivity contribution in [1.82, 2.24) is 10.6 Å². The van der Waals surface area contributed by atoms with E-state index in [1.807, 2.05) is 13.8 Å². The molecule has 1 atom stereocenters. The first-order valence-electron chi connectivity index (χ1n) is 9.89. The Morgan fingerprint density at radius 2 is 1.84 bits per heavy atom.